The van der Waals surface area contributed by atoms with E-state index in [4.69, 9.17) is 0 Å². The molecule has 0 aliphatic carbocycles. The summed E-state index contributed by atoms with van der Waals surface area (Å²) in [5, 5.41) is 4.71. The minimum Gasteiger partial charge on any atom is -0.274 e. The van der Waals surface area contributed by atoms with Crippen molar-refractivity contribution in [2.45, 2.75) is 17.7 Å². The van der Waals surface area contributed by atoms with Crippen LogP contribution in [0.5, 0.6) is 0 Å². The third-order valence-electron chi connectivity index (χ3n) is 1.84. The molecule has 0 atom stereocenters. The Bertz CT molecular complexity index is 402. The molecule has 5 nitrogen and oxygen atoms in total. The molecule has 1 rings (SSSR count). The van der Waals surface area contributed by atoms with Gasteiger partial charge in [-0.2, -0.15) is 5.10 Å². The number of hydrogen-bond donors (Lipinski definition) is 1. The lowest BCUT2D eigenvalue weighted by Gasteiger charge is -2.02. The number of hydrogen-bond acceptors (Lipinski definition) is 3. The van der Waals surface area contributed by atoms with Crippen LogP contribution in [0.25, 0.3) is 0 Å². The van der Waals surface area contributed by atoms with Gasteiger partial charge in [-0.05, 0) is 12.8 Å². The normalized spacial score (nSPS) is 11.9. The lowest BCUT2D eigenvalue weighted by atomic mass is 10.3. The fourth-order valence-corrected chi connectivity index (χ4v) is 2.50. The number of aryl methyl sites for hydroxylation is 1. The largest absolute Gasteiger partial charge is 0.274 e. The minimum absolute atomic E-state index is 0.212. The van der Waals surface area contributed by atoms with Gasteiger partial charge in [0.05, 0.1) is 6.20 Å². The second kappa shape index (κ2) is 5.62. The average Bonchev–Trinajstić information content (AvgIpc) is 2.60. The van der Waals surface area contributed by atoms with E-state index in [-0.39, 0.29) is 4.90 Å². The molecule has 86 valence electrons. The number of aromatic nitrogens is 2. The Hall–Kier alpha value is -0.400. The molecule has 0 saturated heterocycles. The Morgan fingerprint density at radius 1 is 1.53 bits per heavy atom. The second-order valence-corrected chi connectivity index (χ2v) is 5.70. The van der Waals surface area contributed by atoms with Crippen molar-refractivity contribution in [1.82, 2.24) is 14.5 Å². The van der Waals surface area contributed by atoms with Crippen LogP contribution < -0.4 is 4.72 Å². The molecule has 1 aromatic rings. The van der Waals surface area contributed by atoms with E-state index in [2.05, 4.69) is 25.8 Å². The lowest BCUT2D eigenvalue weighted by molar-refractivity contribution is 0.578. The number of halogens is 1. The predicted octanol–water partition coefficient (Wildman–Crippen LogP) is 0.873. The van der Waals surface area contributed by atoms with Crippen molar-refractivity contribution in [3.8, 4) is 0 Å². The summed E-state index contributed by atoms with van der Waals surface area (Å²) in [6.45, 7) is 0.461. The standard InChI is InChI=1S/C8H14BrN3O2S/c1-12-7-8(6-10-12)15(13,14)11-5-3-2-4-9/h6-7,11H,2-5H2,1H3. The van der Waals surface area contributed by atoms with E-state index < -0.39 is 10.0 Å². The molecule has 0 bridgehead atoms. The van der Waals surface area contributed by atoms with Crippen LogP contribution in [0.4, 0.5) is 0 Å². The molecule has 0 aliphatic heterocycles. The molecule has 0 amide bonds. The summed E-state index contributed by atoms with van der Waals surface area (Å²) in [7, 11) is -1.68. The van der Waals surface area contributed by atoms with Gasteiger partial charge in [0, 0.05) is 25.1 Å². The molecule has 0 fully saturated rings. The maximum absolute atomic E-state index is 11.6. The van der Waals surface area contributed by atoms with Crippen LogP contribution in [0.15, 0.2) is 17.3 Å². The zero-order valence-corrected chi connectivity index (χ0v) is 10.9. The van der Waals surface area contributed by atoms with E-state index in [1.54, 1.807) is 7.05 Å². The zero-order valence-electron chi connectivity index (χ0n) is 8.48. The third-order valence-corrected chi connectivity index (χ3v) is 3.82. The number of alkyl halides is 1. The predicted molar refractivity (Wildman–Crippen MR) is 61.4 cm³/mol. The quantitative estimate of drug-likeness (QED) is 0.626. The highest BCUT2D eigenvalue weighted by molar-refractivity contribution is 9.09. The topological polar surface area (TPSA) is 64.0 Å². The summed E-state index contributed by atoms with van der Waals surface area (Å²) in [5.41, 5.74) is 0. The highest BCUT2D eigenvalue weighted by Crippen LogP contribution is 2.05. The molecule has 0 aliphatic rings. The maximum atomic E-state index is 11.6. The van der Waals surface area contributed by atoms with Gasteiger partial charge in [0.15, 0.2) is 0 Å². The number of rotatable bonds is 6. The van der Waals surface area contributed by atoms with Crippen molar-refractivity contribution < 1.29 is 8.42 Å². The molecule has 0 aromatic carbocycles. The molecule has 1 N–H and O–H groups in total. The summed E-state index contributed by atoms with van der Waals surface area (Å²) in [6, 6.07) is 0. The van der Waals surface area contributed by atoms with Crippen molar-refractivity contribution in [3.63, 3.8) is 0 Å². The molecular formula is C8H14BrN3O2S. The summed E-state index contributed by atoms with van der Waals surface area (Å²) < 4.78 is 27.3. The number of unbranched alkanes of at least 4 members (excludes halogenated alkanes) is 1. The van der Waals surface area contributed by atoms with E-state index in [9.17, 15) is 8.42 Å². The van der Waals surface area contributed by atoms with Gasteiger partial charge in [0.25, 0.3) is 0 Å². The molecule has 0 unspecified atom stereocenters. The Balaban J connectivity index is 2.53. The van der Waals surface area contributed by atoms with E-state index in [0.717, 1.165) is 18.2 Å². The molecule has 1 heterocycles. The van der Waals surface area contributed by atoms with Gasteiger partial charge in [-0.15, -0.1) is 0 Å². The first-order valence-corrected chi connectivity index (χ1v) is 7.21. The molecule has 0 saturated carbocycles. The van der Waals surface area contributed by atoms with Gasteiger partial charge < -0.3 is 0 Å². The van der Waals surface area contributed by atoms with Crippen LogP contribution in [0.3, 0.4) is 0 Å². The number of sulfonamides is 1. The molecule has 0 radical (unpaired) electrons. The van der Waals surface area contributed by atoms with Crippen LogP contribution in [0.1, 0.15) is 12.8 Å². The fourth-order valence-electron chi connectivity index (χ4n) is 1.05. The Labute approximate surface area is 98.0 Å². The SMILES string of the molecule is Cn1cc(S(=O)(=O)NCCCCBr)cn1. The van der Waals surface area contributed by atoms with Crippen molar-refractivity contribution in [3.05, 3.63) is 12.4 Å². The molecule has 1 aromatic heterocycles. The van der Waals surface area contributed by atoms with Crippen LogP contribution in [0, 0.1) is 0 Å². The lowest BCUT2D eigenvalue weighted by Crippen LogP contribution is -2.24. The Morgan fingerprint density at radius 2 is 2.27 bits per heavy atom. The Kier molecular flexibility index (Phi) is 4.75. The van der Waals surface area contributed by atoms with Gasteiger partial charge >= 0.3 is 0 Å². The summed E-state index contributed by atoms with van der Waals surface area (Å²) in [4.78, 5) is 0.212. The summed E-state index contributed by atoms with van der Waals surface area (Å²) in [6.07, 6.45) is 4.60. The van der Waals surface area contributed by atoms with Gasteiger partial charge in [-0.25, -0.2) is 13.1 Å². The fraction of sp³-hybridized carbons (Fsp3) is 0.625. The third kappa shape index (κ3) is 3.92. The van der Waals surface area contributed by atoms with E-state index in [0.29, 0.717) is 6.54 Å². The minimum atomic E-state index is -3.37. The highest BCUT2D eigenvalue weighted by Gasteiger charge is 2.14. The van der Waals surface area contributed by atoms with E-state index in [1.807, 2.05) is 0 Å². The smallest absolute Gasteiger partial charge is 0.243 e. The van der Waals surface area contributed by atoms with Crippen molar-refractivity contribution in [1.29, 1.82) is 0 Å². The summed E-state index contributed by atoms with van der Waals surface area (Å²) >= 11 is 3.29. The molecular weight excluding hydrogens is 282 g/mol. The monoisotopic (exact) mass is 295 g/mol. The van der Waals surface area contributed by atoms with Crippen molar-refractivity contribution >= 4 is 26.0 Å². The van der Waals surface area contributed by atoms with Crippen molar-refractivity contribution in [2.24, 2.45) is 7.05 Å². The first kappa shape index (κ1) is 12.7. The van der Waals surface area contributed by atoms with E-state index >= 15 is 0 Å². The van der Waals surface area contributed by atoms with E-state index in [1.165, 1.54) is 17.1 Å². The van der Waals surface area contributed by atoms with Crippen LogP contribution in [-0.2, 0) is 17.1 Å². The van der Waals surface area contributed by atoms with Gasteiger partial charge in [-0.1, -0.05) is 15.9 Å². The van der Waals surface area contributed by atoms with Crippen LogP contribution >= 0.6 is 15.9 Å². The average molecular weight is 296 g/mol. The molecule has 15 heavy (non-hydrogen) atoms. The number of nitrogens with one attached hydrogen (secondary N) is 1. The van der Waals surface area contributed by atoms with Gasteiger partial charge in [-0.3, -0.25) is 4.68 Å². The summed E-state index contributed by atoms with van der Waals surface area (Å²) in [5.74, 6) is 0. The first-order chi connectivity index (χ1) is 7.06. The van der Waals surface area contributed by atoms with Crippen LogP contribution in [0.2, 0.25) is 0 Å². The zero-order chi connectivity index (χ0) is 11.3. The van der Waals surface area contributed by atoms with Gasteiger partial charge in [0.2, 0.25) is 10.0 Å². The van der Waals surface area contributed by atoms with Gasteiger partial charge in [0.1, 0.15) is 4.90 Å². The van der Waals surface area contributed by atoms with Crippen LogP contribution in [-0.4, -0.2) is 30.1 Å². The highest BCUT2D eigenvalue weighted by atomic mass is 79.9. The molecule has 7 heteroatoms. The molecule has 0 spiro atoms. The maximum Gasteiger partial charge on any atom is 0.243 e. The number of nitrogens with zero attached hydrogens (tertiary/aromatic N) is 2. The Morgan fingerprint density at radius 3 is 2.80 bits per heavy atom. The second-order valence-electron chi connectivity index (χ2n) is 3.14. The first-order valence-electron chi connectivity index (χ1n) is 4.60. The van der Waals surface area contributed by atoms with Crippen molar-refractivity contribution in [2.75, 3.05) is 11.9 Å².